The molecule has 98 valence electrons. The van der Waals surface area contributed by atoms with Gasteiger partial charge in [-0.3, -0.25) is 0 Å². The van der Waals surface area contributed by atoms with Crippen LogP contribution in [0.2, 0.25) is 0 Å². The Morgan fingerprint density at radius 2 is 1.89 bits per heavy atom. The molecule has 1 aliphatic heterocycles. The Kier molecular flexibility index (Phi) is 2.95. The molecule has 19 heavy (non-hydrogen) atoms. The van der Waals surface area contributed by atoms with Gasteiger partial charge in [0.1, 0.15) is 6.10 Å². The van der Waals surface area contributed by atoms with Crippen molar-refractivity contribution in [1.82, 2.24) is 0 Å². The topological polar surface area (TPSA) is 32.3 Å². The first-order valence-corrected chi connectivity index (χ1v) is 6.13. The quantitative estimate of drug-likeness (QED) is 0.871. The average molecular weight is 261 g/mol. The van der Waals surface area contributed by atoms with Gasteiger partial charge in [-0.15, -0.1) is 0 Å². The largest absolute Gasteiger partial charge is 0.386 e. The Labute approximate surface area is 109 Å². The molecule has 0 fully saturated rings. The zero-order valence-corrected chi connectivity index (χ0v) is 10.1. The number of aliphatic hydroxyl groups is 1. The molecular formula is C15H13F2NO. The minimum Gasteiger partial charge on any atom is -0.386 e. The van der Waals surface area contributed by atoms with Crippen LogP contribution in [0.4, 0.5) is 14.5 Å². The lowest BCUT2D eigenvalue weighted by molar-refractivity contribution is 0.151. The molecule has 1 aliphatic rings. The van der Waals surface area contributed by atoms with Gasteiger partial charge in [0.25, 0.3) is 0 Å². The number of para-hydroxylation sites is 1. The van der Waals surface area contributed by atoms with Gasteiger partial charge < -0.3 is 10.4 Å². The maximum Gasteiger partial charge on any atom is 0.164 e. The van der Waals surface area contributed by atoms with E-state index >= 15 is 0 Å². The zero-order valence-electron chi connectivity index (χ0n) is 10.1. The summed E-state index contributed by atoms with van der Waals surface area (Å²) in [5, 5.41) is 13.4. The van der Waals surface area contributed by atoms with Crippen LogP contribution in [0.3, 0.4) is 0 Å². The van der Waals surface area contributed by atoms with E-state index in [1.807, 2.05) is 24.3 Å². The van der Waals surface area contributed by atoms with Crippen LogP contribution < -0.4 is 5.32 Å². The van der Waals surface area contributed by atoms with Crippen molar-refractivity contribution in [3.05, 3.63) is 65.2 Å². The summed E-state index contributed by atoms with van der Waals surface area (Å²) >= 11 is 0. The number of fused-ring (bicyclic) bond motifs is 1. The van der Waals surface area contributed by atoms with Gasteiger partial charge in [-0.2, -0.15) is 0 Å². The maximum atomic E-state index is 13.7. The summed E-state index contributed by atoms with van der Waals surface area (Å²) in [6.45, 7) is 0. The van der Waals surface area contributed by atoms with E-state index in [0.717, 1.165) is 17.3 Å². The number of nitrogens with one attached hydrogen (secondary N) is 1. The molecule has 0 radical (unpaired) electrons. The van der Waals surface area contributed by atoms with E-state index < -0.39 is 17.7 Å². The number of rotatable bonds is 2. The van der Waals surface area contributed by atoms with Crippen molar-refractivity contribution in [3.8, 4) is 0 Å². The van der Waals surface area contributed by atoms with E-state index in [0.29, 0.717) is 6.42 Å². The first kappa shape index (κ1) is 12.1. The maximum absolute atomic E-state index is 13.7. The Morgan fingerprint density at radius 1 is 1.11 bits per heavy atom. The van der Waals surface area contributed by atoms with E-state index in [2.05, 4.69) is 5.32 Å². The summed E-state index contributed by atoms with van der Waals surface area (Å²) < 4.78 is 26.9. The summed E-state index contributed by atoms with van der Waals surface area (Å²) in [6, 6.07) is 11.2. The van der Waals surface area contributed by atoms with Crippen LogP contribution in [0.1, 0.15) is 17.2 Å². The number of hydrogen-bond acceptors (Lipinski definition) is 2. The summed E-state index contributed by atoms with van der Waals surface area (Å²) in [5.41, 5.74) is 2.00. The van der Waals surface area contributed by atoms with Gasteiger partial charge in [-0.25, -0.2) is 8.78 Å². The molecule has 0 saturated heterocycles. The number of aliphatic hydroxyl groups excluding tert-OH is 1. The van der Waals surface area contributed by atoms with Gasteiger partial charge >= 0.3 is 0 Å². The van der Waals surface area contributed by atoms with Gasteiger partial charge in [0.15, 0.2) is 11.6 Å². The smallest absolute Gasteiger partial charge is 0.164 e. The summed E-state index contributed by atoms with van der Waals surface area (Å²) in [6.07, 6.45) is -0.490. The number of halogens is 2. The Bertz CT molecular complexity index is 590. The van der Waals surface area contributed by atoms with Gasteiger partial charge in [0.2, 0.25) is 0 Å². The Hall–Kier alpha value is -1.94. The molecule has 2 aromatic rings. The second-order valence-electron chi connectivity index (χ2n) is 4.70. The number of benzene rings is 2. The fourth-order valence-electron chi connectivity index (χ4n) is 2.48. The van der Waals surface area contributed by atoms with Gasteiger partial charge in [-0.1, -0.05) is 30.3 Å². The number of anilines is 1. The van der Waals surface area contributed by atoms with E-state index in [9.17, 15) is 13.9 Å². The fourth-order valence-corrected chi connectivity index (χ4v) is 2.48. The predicted molar refractivity (Wildman–Crippen MR) is 68.9 cm³/mol. The van der Waals surface area contributed by atoms with Crippen LogP contribution in [0.5, 0.6) is 0 Å². The summed E-state index contributed by atoms with van der Waals surface area (Å²) in [5.74, 6) is -1.92. The van der Waals surface area contributed by atoms with Gasteiger partial charge in [-0.05, 0) is 24.1 Å². The Morgan fingerprint density at radius 3 is 2.68 bits per heavy atom. The molecule has 0 aromatic heterocycles. The van der Waals surface area contributed by atoms with Crippen molar-refractivity contribution in [2.75, 3.05) is 5.32 Å². The van der Waals surface area contributed by atoms with Crippen LogP contribution in [-0.2, 0) is 6.42 Å². The third-order valence-corrected chi connectivity index (χ3v) is 3.48. The molecule has 0 aliphatic carbocycles. The molecule has 4 heteroatoms. The van der Waals surface area contributed by atoms with Crippen molar-refractivity contribution in [1.29, 1.82) is 0 Å². The van der Waals surface area contributed by atoms with Crippen LogP contribution in [0, 0.1) is 11.6 Å². The molecule has 2 unspecified atom stereocenters. The lowest BCUT2D eigenvalue weighted by Crippen LogP contribution is -2.25. The Balaban J connectivity index is 1.87. The highest BCUT2D eigenvalue weighted by Gasteiger charge is 2.29. The minimum absolute atomic E-state index is 0.00898. The molecule has 0 amide bonds. The predicted octanol–water partition coefficient (Wildman–Crippen LogP) is 3.04. The van der Waals surface area contributed by atoms with Crippen LogP contribution in [-0.4, -0.2) is 11.1 Å². The van der Waals surface area contributed by atoms with Crippen LogP contribution in [0.15, 0.2) is 42.5 Å². The first-order valence-electron chi connectivity index (χ1n) is 6.13. The van der Waals surface area contributed by atoms with Crippen LogP contribution >= 0.6 is 0 Å². The van der Waals surface area contributed by atoms with Crippen molar-refractivity contribution in [2.24, 2.45) is 0 Å². The molecule has 0 saturated carbocycles. The van der Waals surface area contributed by atoms with Crippen LogP contribution in [0.25, 0.3) is 0 Å². The zero-order chi connectivity index (χ0) is 13.4. The normalized spacial score (nSPS) is 18.8. The van der Waals surface area contributed by atoms with Crippen molar-refractivity contribution in [2.45, 2.75) is 18.6 Å². The van der Waals surface area contributed by atoms with Crippen molar-refractivity contribution in [3.63, 3.8) is 0 Å². The summed E-state index contributed by atoms with van der Waals surface area (Å²) in [4.78, 5) is 0. The number of hydrogen-bond donors (Lipinski definition) is 2. The first-order chi connectivity index (χ1) is 9.16. The molecule has 2 atom stereocenters. The molecule has 2 nitrogen and oxygen atoms in total. The molecular weight excluding hydrogens is 248 g/mol. The lowest BCUT2D eigenvalue weighted by atomic mass is 9.99. The second-order valence-corrected chi connectivity index (χ2v) is 4.70. The lowest BCUT2D eigenvalue weighted by Gasteiger charge is -2.20. The highest BCUT2D eigenvalue weighted by molar-refractivity contribution is 5.57. The van der Waals surface area contributed by atoms with Crippen molar-refractivity contribution < 1.29 is 13.9 Å². The third-order valence-electron chi connectivity index (χ3n) is 3.48. The second kappa shape index (κ2) is 4.63. The standard InChI is InChI=1S/C15H13F2NO/c16-11-6-3-5-10(14(11)17)15(19)13-8-9-4-1-2-7-12(9)18-13/h1-7,13,15,18-19H,8H2. The third kappa shape index (κ3) is 2.08. The minimum atomic E-state index is -1.08. The molecule has 1 heterocycles. The van der Waals surface area contributed by atoms with Gasteiger partial charge in [0, 0.05) is 11.3 Å². The monoisotopic (exact) mass is 261 g/mol. The average Bonchev–Trinajstić information content (AvgIpc) is 2.85. The summed E-state index contributed by atoms with van der Waals surface area (Å²) in [7, 11) is 0. The fraction of sp³-hybridized carbons (Fsp3) is 0.200. The van der Waals surface area contributed by atoms with E-state index in [4.69, 9.17) is 0 Å². The van der Waals surface area contributed by atoms with E-state index in [1.165, 1.54) is 12.1 Å². The molecule has 2 N–H and O–H groups in total. The molecule has 3 rings (SSSR count). The highest BCUT2D eigenvalue weighted by Crippen LogP contribution is 2.32. The SMILES string of the molecule is OC(c1cccc(F)c1F)C1Cc2ccccc2N1. The van der Waals surface area contributed by atoms with Gasteiger partial charge in [0.05, 0.1) is 6.04 Å². The van der Waals surface area contributed by atoms with E-state index in [-0.39, 0.29) is 11.6 Å². The van der Waals surface area contributed by atoms with Crippen molar-refractivity contribution >= 4 is 5.69 Å². The highest BCUT2D eigenvalue weighted by atomic mass is 19.2. The molecule has 2 aromatic carbocycles. The molecule has 0 spiro atoms. The van der Waals surface area contributed by atoms with E-state index in [1.54, 1.807) is 0 Å². The molecule has 0 bridgehead atoms.